The van der Waals surface area contributed by atoms with E-state index >= 15 is 0 Å². The Morgan fingerprint density at radius 3 is 2.56 bits per heavy atom. The van der Waals surface area contributed by atoms with Crippen LogP contribution in [0.4, 0.5) is 4.39 Å². The van der Waals surface area contributed by atoms with Crippen molar-refractivity contribution in [3.8, 4) is 33.8 Å². The number of likely N-dealkylation sites (tertiary alicyclic amines) is 1. The van der Waals surface area contributed by atoms with E-state index in [0.717, 1.165) is 41.7 Å². The van der Waals surface area contributed by atoms with Crippen LogP contribution in [-0.2, 0) is 13.1 Å². The van der Waals surface area contributed by atoms with Crippen LogP contribution in [0.15, 0.2) is 61.3 Å². The standard InChI is InChI=1S/C29H26FN9/c30-22-7-17(10-31)5-19(8-22)24-14-33-15-25-26(24)36-29(35-25)27-23-9-21(13-34-28(23)38-37-27)20-6-18(11-32-12-20)16-39-3-1-2-4-39/h5-9,11-15H,1-4,10,16,31H2,(H,35,36)(H,34,37,38). The van der Waals surface area contributed by atoms with E-state index in [4.69, 9.17) is 10.7 Å². The first kappa shape index (κ1) is 23.6. The molecule has 7 rings (SSSR count). The zero-order valence-corrected chi connectivity index (χ0v) is 21.2. The number of benzene rings is 1. The van der Waals surface area contributed by atoms with E-state index < -0.39 is 0 Å². The van der Waals surface area contributed by atoms with Crippen LogP contribution in [0.1, 0.15) is 24.0 Å². The monoisotopic (exact) mass is 519 g/mol. The number of hydrogen-bond acceptors (Lipinski definition) is 7. The van der Waals surface area contributed by atoms with Crippen LogP contribution in [0.25, 0.3) is 55.8 Å². The Labute approximate surface area is 223 Å². The molecule has 0 bridgehead atoms. The molecule has 194 valence electrons. The lowest BCUT2D eigenvalue weighted by Crippen LogP contribution is -2.18. The maximum atomic E-state index is 14.3. The van der Waals surface area contributed by atoms with Crippen LogP contribution < -0.4 is 5.73 Å². The average molecular weight is 520 g/mol. The second-order valence-electron chi connectivity index (χ2n) is 9.98. The van der Waals surface area contributed by atoms with E-state index in [1.165, 1.54) is 30.5 Å². The van der Waals surface area contributed by atoms with Gasteiger partial charge >= 0.3 is 0 Å². The molecule has 0 spiro atoms. The van der Waals surface area contributed by atoms with Crippen molar-refractivity contribution in [2.24, 2.45) is 5.73 Å². The Bertz CT molecular complexity index is 1820. The van der Waals surface area contributed by atoms with Gasteiger partial charge in [-0.2, -0.15) is 5.10 Å². The largest absolute Gasteiger partial charge is 0.335 e. The van der Waals surface area contributed by atoms with E-state index in [1.807, 2.05) is 24.7 Å². The molecule has 1 fully saturated rings. The van der Waals surface area contributed by atoms with Gasteiger partial charge in [0.2, 0.25) is 0 Å². The van der Waals surface area contributed by atoms with E-state index in [2.05, 4.69) is 47.2 Å². The molecule has 10 heteroatoms. The Morgan fingerprint density at radius 2 is 1.69 bits per heavy atom. The number of nitrogens with one attached hydrogen (secondary N) is 2. The van der Waals surface area contributed by atoms with E-state index in [0.29, 0.717) is 39.4 Å². The highest BCUT2D eigenvalue weighted by Crippen LogP contribution is 2.32. The maximum Gasteiger partial charge on any atom is 0.181 e. The van der Waals surface area contributed by atoms with Crippen molar-refractivity contribution in [1.29, 1.82) is 0 Å². The van der Waals surface area contributed by atoms with Gasteiger partial charge in [0, 0.05) is 54.6 Å². The third-order valence-corrected chi connectivity index (χ3v) is 7.28. The molecule has 4 N–H and O–H groups in total. The summed E-state index contributed by atoms with van der Waals surface area (Å²) in [7, 11) is 0. The van der Waals surface area contributed by atoms with Crippen molar-refractivity contribution < 1.29 is 4.39 Å². The lowest BCUT2D eigenvalue weighted by atomic mass is 10.0. The summed E-state index contributed by atoms with van der Waals surface area (Å²) >= 11 is 0. The number of imidazole rings is 1. The molecule has 1 aliphatic rings. The van der Waals surface area contributed by atoms with Crippen LogP contribution in [-0.4, -0.2) is 53.1 Å². The number of H-pyrrole nitrogens is 2. The van der Waals surface area contributed by atoms with Gasteiger partial charge in [0.15, 0.2) is 11.5 Å². The van der Waals surface area contributed by atoms with Crippen molar-refractivity contribution >= 4 is 22.1 Å². The number of aromatic amines is 2. The lowest BCUT2D eigenvalue weighted by Gasteiger charge is -2.14. The highest BCUT2D eigenvalue weighted by Gasteiger charge is 2.18. The molecule has 1 aliphatic heterocycles. The third-order valence-electron chi connectivity index (χ3n) is 7.28. The first-order chi connectivity index (χ1) is 19.1. The first-order valence-corrected chi connectivity index (χ1v) is 13.0. The fourth-order valence-electron chi connectivity index (χ4n) is 5.36. The average Bonchev–Trinajstić information content (AvgIpc) is 3.72. The zero-order valence-electron chi connectivity index (χ0n) is 21.2. The molecule has 5 aromatic heterocycles. The minimum absolute atomic E-state index is 0.242. The number of halogens is 1. The predicted molar refractivity (Wildman–Crippen MR) is 148 cm³/mol. The summed E-state index contributed by atoms with van der Waals surface area (Å²) in [5, 5.41) is 8.33. The van der Waals surface area contributed by atoms with Gasteiger partial charge in [-0.05, 0) is 73.0 Å². The molecule has 0 atom stereocenters. The normalized spacial score (nSPS) is 14.1. The molecule has 0 saturated carbocycles. The van der Waals surface area contributed by atoms with Gasteiger partial charge in [-0.25, -0.2) is 14.4 Å². The Morgan fingerprint density at radius 1 is 0.872 bits per heavy atom. The Kier molecular flexibility index (Phi) is 5.83. The molecule has 6 aromatic rings. The summed E-state index contributed by atoms with van der Waals surface area (Å²) in [6.45, 7) is 3.42. The Balaban J connectivity index is 1.28. The van der Waals surface area contributed by atoms with Gasteiger partial charge in [0.1, 0.15) is 11.5 Å². The summed E-state index contributed by atoms with van der Waals surface area (Å²) in [6, 6.07) is 9.01. The Hall–Kier alpha value is -4.54. The van der Waals surface area contributed by atoms with Crippen LogP contribution >= 0.6 is 0 Å². The summed E-state index contributed by atoms with van der Waals surface area (Å²) in [5.74, 6) is 0.245. The number of hydrogen-bond donors (Lipinski definition) is 3. The van der Waals surface area contributed by atoms with Gasteiger partial charge in [-0.15, -0.1) is 0 Å². The maximum absolute atomic E-state index is 14.3. The molecule has 0 amide bonds. The quantitative estimate of drug-likeness (QED) is 0.288. The molecule has 0 unspecified atom stereocenters. The molecule has 0 radical (unpaired) electrons. The number of rotatable bonds is 6. The molecular weight excluding hydrogens is 493 g/mol. The second kappa shape index (κ2) is 9.64. The lowest BCUT2D eigenvalue weighted by molar-refractivity contribution is 0.331. The number of pyridine rings is 3. The van der Waals surface area contributed by atoms with Crippen molar-refractivity contribution in [3.63, 3.8) is 0 Å². The van der Waals surface area contributed by atoms with Gasteiger partial charge < -0.3 is 10.7 Å². The second-order valence-corrected chi connectivity index (χ2v) is 9.98. The third kappa shape index (κ3) is 4.43. The fraction of sp³-hybridized carbons (Fsp3) is 0.207. The predicted octanol–water partition coefficient (Wildman–Crippen LogP) is 4.82. The number of aromatic nitrogens is 7. The van der Waals surface area contributed by atoms with E-state index in [-0.39, 0.29) is 12.4 Å². The topological polar surface area (TPSA) is 125 Å². The summed E-state index contributed by atoms with van der Waals surface area (Å²) in [4.78, 5) is 24.1. The smallest absolute Gasteiger partial charge is 0.181 e. The molecule has 9 nitrogen and oxygen atoms in total. The minimum atomic E-state index is -0.349. The van der Waals surface area contributed by atoms with Crippen molar-refractivity contribution in [1.82, 2.24) is 40.0 Å². The van der Waals surface area contributed by atoms with Gasteiger partial charge in [-0.1, -0.05) is 0 Å². The van der Waals surface area contributed by atoms with E-state index in [1.54, 1.807) is 12.4 Å². The molecular formula is C29H26FN9. The minimum Gasteiger partial charge on any atom is -0.335 e. The molecule has 1 saturated heterocycles. The summed E-state index contributed by atoms with van der Waals surface area (Å²) in [6.07, 6.45) is 11.5. The molecule has 0 aliphatic carbocycles. The van der Waals surface area contributed by atoms with Crippen molar-refractivity contribution in [3.05, 3.63) is 78.3 Å². The van der Waals surface area contributed by atoms with Gasteiger partial charge in [0.25, 0.3) is 0 Å². The van der Waals surface area contributed by atoms with Crippen LogP contribution in [0.2, 0.25) is 0 Å². The van der Waals surface area contributed by atoms with E-state index in [9.17, 15) is 4.39 Å². The molecule has 1 aromatic carbocycles. The zero-order chi connectivity index (χ0) is 26.3. The SMILES string of the molecule is NCc1cc(F)cc(-c2cncc3[nH]c(-c4[nH]nc5ncc(-c6cncc(CN7CCCC7)c6)cc45)nc23)c1. The van der Waals surface area contributed by atoms with Crippen molar-refractivity contribution in [2.45, 2.75) is 25.9 Å². The summed E-state index contributed by atoms with van der Waals surface area (Å²) < 4.78 is 14.3. The van der Waals surface area contributed by atoms with Crippen LogP contribution in [0.5, 0.6) is 0 Å². The number of nitrogens with zero attached hydrogens (tertiary/aromatic N) is 6. The highest BCUT2D eigenvalue weighted by atomic mass is 19.1. The highest BCUT2D eigenvalue weighted by molar-refractivity contribution is 5.96. The number of fused-ring (bicyclic) bond motifs is 2. The van der Waals surface area contributed by atoms with Gasteiger partial charge in [0.05, 0.1) is 22.6 Å². The van der Waals surface area contributed by atoms with Crippen LogP contribution in [0.3, 0.4) is 0 Å². The molecule has 39 heavy (non-hydrogen) atoms. The summed E-state index contributed by atoms with van der Waals surface area (Å²) in [5.41, 5.74) is 13.7. The van der Waals surface area contributed by atoms with Gasteiger partial charge in [-0.3, -0.25) is 20.0 Å². The van der Waals surface area contributed by atoms with Crippen molar-refractivity contribution in [2.75, 3.05) is 13.1 Å². The number of nitrogens with two attached hydrogens (primary N) is 1. The fourth-order valence-corrected chi connectivity index (χ4v) is 5.36. The first-order valence-electron chi connectivity index (χ1n) is 13.0. The molecule has 6 heterocycles. The van der Waals surface area contributed by atoms with Crippen LogP contribution in [0, 0.1) is 5.82 Å².